The molecule has 1 N–H and O–H groups in total. The van der Waals surface area contributed by atoms with Crippen molar-refractivity contribution in [1.29, 1.82) is 0 Å². The monoisotopic (exact) mass is 296 g/mol. The molecule has 0 aliphatic carbocycles. The lowest BCUT2D eigenvalue weighted by Gasteiger charge is -2.41. The van der Waals surface area contributed by atoms with Crippen LogP contribution in [-0.2, 0) is 4.79 Å². The second-order valence-electron chi connectivity index (χ2n) is 5.31. The van der Waals surface area contributed by atoms with Crippen molar-refractivity contribution in [2.24, 2.45) is 0 Å². The average molecular weight is 297 g/mol. The average Bonchev–Trinajstić information content (AvgIpc) is 2.37. The van der Waals surface area contributed by atoms with Gasteiger partial charge in [-0.2, -0.15) is 0 Å². The molecule has 1 aliphatic rings. The number of hydrogen-bond donors (Lipinski definition) is 1. The number of pyridine rings is 1. The van der Waals surface area contributed by atoms with Crippen LogP contribution in [0.1, 0.15) is 42.2 Å². The number of nitrogens with zero attached hydrogens (tertiary/aromatic N) is 2. The predicted octanol–water partition coefficient (Wildman–Crippen LogP) is 2.51. The lowest BCUT2D eigenvalue weighted by molar-refractivity contribution is -0.150. The third kappa shape index (κ3) is 2.63. The zero-order chi connectivity index (χ0) is 14.9. The molecule has 1 saturated heterocycles. The summed E-state index contributed by atoms with van der Waals surface area (Å²) in [6.07, 6.45) is 2.08. The fourth-order valence-corrected chi connectivity index (χ4v) is 2.83. The maximum atomic E-state index is 12.6. The Bertz CT molecular complexity index is 541. The van der Waals surface area contributed by atoms with E-state index in [-0.39, 0.29) is 11.1 Å². The predicted molar refractivity (Wildman–Crippen MR) is 74.9 cm³/mol. The van der Waals surface area contributed by atoms with Crippen molar-refractivity contribution in [2.45, 2.75) is 38.6 Å². The van der Waals surface area contributed by atoms with Crippen molar-refractivity contribution < 1.29 is 14.7 Å². The molecular formula is C14H17ClN2O3. The molecule has 1 aliphatic heterocycles. The molecule has 0 bridgehead atoms. The number of amides is 1. The molecule has 0 spiro atoms. The van der Waals surface area contributed by atoms with Crippen molar-refractivity contribution in [3.05, 3.63) is 28.5 Å². The highest BCUT2D eigenvalue weighted by molar-refractivity contribution is 6.29. The quantitative estimate of drug-likeness (QED) is 0.851. The van der Waals surface area contributed by atoms with E-state index in [1.165, 1.54) is 11.0 Å². The molecule has 1 fully saturated rings. The number of carboxylic acids is 1. The van der Waals surface area contributed by atoms with Gasteiger partial charge in [0.05, 0.1) is 0 Å². The van der Waals surface area contributed by atoms with Crippen molar-refractivity contribution in [3.63, 3.8) is 0 Å². The number of aromatic nitrogens is 1. The molecule has 5 nitrogen and oxygen atoms in total. The number of aliphatic carboxylic acids is 1. The van der Waals surface area contributed by atoms with Crippen molar-refractivity contribution in [2.75, 3.05) is 6.54 Å². The van der Waals surface area contributed by atoms with Crippen molar-refractivity contribution >= 4 is 23.5 Å². The van der Waals surface area contributed by atoms with Gasteiger partial charge in [-0.1, -0.05) is 11.6 Å². The lowest BCUT2D eigenvalue weighted by Crippen LogP contribution is -2.57. The minimum atomic E-state index is -1.15. The molecule has 0 saturated carbocycles. The van der Waals surface area contributed by atoms with Gasteiger partial charge in [0.2, 0.25) is 0 Å². The molecule has 1 atom stereocenters. The van der Waals surface area contributed by atoms with Gasteiger partial charge in [0.25, 0.3) is 5.91 Å². The van der Waals surface area contributed by atoms with E-state index < -0.39 is 11.5 Å². The first-order valence-electron chi connectivity index (χ1n) is 6.54. The van der Waals surface area contributed by atoms with Gasteiger partial charge in [-0.15, -0.1) is 0 Å². The van der Waals surface area contributed by atoms with Crippen LogP contribution in [0.25, 0.3) is 0 Å². The van der Waals surface area contributed by atoms with Gasteiger partial charge >= 0.3 is 5.97 Å². The maximum Gasteiger partial charge on any atom is 0.329 e. The Labute approximate surface area is 122 Å². The van der Waals surface area contributed by atoms with Crippen LogP contribution in [0.4, 0.5) is 0 Å². The van der Waals surface area contributed by atoms with E-state index in [2.05, 4.69) is 4.98 Å². The molecule has 0 aromatic carbocycles. The summed E-state index contributed by atoms with van der Waals surface area (Å²) >= 11 is 5.87. The van der Waals surface area contributed by atoms with Crippen molar-refractivity contribution in [3.8, 4) is 0 Å². The van der Waals surface area contributed by atoms with Crippen LogP contribution in [0, 0.1) is 6.92 Å². The number of carboxylic acid groups (broad SMARTS) is 1. The highest BCUT2D eigenvalue weighted by atomic mass is 35.5. The number of halogens is 1. The van der Waals surface area contributed by atoms with Crippen LogP contribution in [0.2, 0.25) is 5.15 Å². The third-order valence-electron chi connectivity index (χ3n) is 3.77. The van der Waals surface area contributed by atoms with Crippen LogP contribution < -0.4 is 0 Å². The number of aryl methyl sites for hydroxylation is 1. The van der Waals surface area contributed by atoms with Gasteiger partial charge in [0.15, 0.2) is 0 Å². The van der Waals surface area contributed by atoms with Gasteiger partial charge in [0, 0.05) is 17.8 Å². The molecular weight excluding hydrogens is 280 g/mol. The second kappa shape index (κ2) is 5.40. The van der Waals surface area contributed by atoms with Crippen LogP contribution in [-0.4, -0.2) is 39.0 Å². The smallest absolute Gasteiger partial charge is 0.329 e. The SMILES string of the molecule is Cc1cc(C(=O)N2CCCCC2(C)C(=O)O)cc(Cl)n1. The summed E-state index contributed by atoms with van der Waals surface area (Å²) in [6, 6.07) is 3.11. The second-order valence-corrected chi connectivity index (χ2v) is 5.70. The highest BCUT2D eigenvalue weighted by Crippen LogP contribution is 2.30. The fraction of sp³-hybridized carbons (Fsp3) is 0.500. The number of likely N-dealkylation sites (tertiary alicyclic amines) is 1. The van der Waals surface area contributed by atoms with E-state index in [9.17, 15) is 14.7 Å². The Kier molecular flexibility index (Phi) is 3.99. The molecule has 1 unspecified atom stereocenters. The largest absolute Gasteiger partial charge is 0.480 e. The highest BCUT2D eigenvalue weighted by Gasteiger charge is 2.44. The molecule has 1 aromatic heterocycles. The Morgan fingerprint density at radius 3 is 2.70 bits per heavy atom. The summed E-state index contributed by atoms with van der Waals surface area (Å²) in [4.78, 5) is 29.6. The number of rotatable bonds is 2. The molecule has 20 heavy (non-hydrogen) atoms. The molecule has 6 heteroatoms. The molecule has 2 heterocycles. The first-order valence-corrected chi connectivity index (χ1v) is 6.92. The summed E-state index contributed by atoms with van der Waals surface area (Å²) < 4.78 is 0. The summed E-state index contributed by atoms with van der Waals surface area (Å²) in [5.41, 5.74) is -0.134. The number of carbonyl (C=O) groups is 2. The maximum absolute atomic E-state index is 12.6. The molecule has 0 radical (unpaired) electrons. The minimum absolute atomic E-state index is 0.238. The molecule has 1 aromatic rings. The van der Waals surface area contributed by atoms with E-state index in [0.29, 0.717) is 24.2 Å². The summed E-state index contributed by atoms with van der Waals surface area (Å²) in [5.74, 6) is -1.27. The van der Waals surface area contributed by atoms with E-state index >= 15 is 0 Å². The summed E-state index contributed by atoms with van der Waals surface area (Å²) in [6.45, 7) is 3.79. The molecule has 2 rings (SSSR count). The Hall–Kier alpha value is -1.62. The van der Waals surface area contributed by atoms with E-state index in [1.807, 2.05) is 0 Å². The topological polar surface area (TPSA) is 70.5 Å². The van der Waals surface area contributed by atoms with Gasteiger partial charge < -0.3 is 10.0 Å². The first kappa shape index (κ1) is 14.8. The van der Waals surface area contributed by atoms with Crippen LogP contribution >= 0.6 is 11.6 Å². The van der Waals surface area contributed by atoms with Crippen LogP contribution in [0.15, 0.2) is 12.1 Å². The van der Waals surface area contributed by atoms with E-state index in [1.54, 1.807) is 19.9 Å². The van der Waals surface area contributed by atoms with E-state index in [0.717, 1.165) is 12.8 Å². The number of piperidine rings is 1. The van der Waals surface area contributed by atoms with Crippen LogP contribution in [0.3, 0.4) is 0 Å². The molecule has 1 amide bonds. The van der Waals surface area contributed by atoms with Gasteiger partial charge in [-0.25, -0.2) is 9.78 Å². The van der Waals surface area contributed by atoms with E-state index in [4.69, 9.17) is 11.6 Å². The first-order chi connectivity index (χ1) is 9.34. The zero-order valence-electron chi connectivity index (χ0n) is 11.5. The van der Waals surface area contributed by atoms with Gasteiger partial charge in [0.1, 0.15) is 10.7 Å². The van der Waals surface area contributed by atoms with Crippen LogP contribution in [0.5, 0.6) is 0 Å². The zero-order valence-corrected chi connectivity index (χ0v) is 12.3. The molecule has 108 valence electrons. The Balaban J connectivity index is 2.37. The standard InChI is InChI=1S/C14H17ClN2O3/c1-9-7-10(8-11(15)16-9)12(18)17-6-4-3-5-14(17,2)13(19)20/h7-8H,3-6H2,1-2H3,(H,19,20). The fourth-order valence-electron chi connectivity index (χ4n) is 2.58. The lowest BCUT2D eigenvalue weighted by atomic mass is 9.88. The third-order valence-corrected chi connectivity index (χ3v) is 3.96. The number of carbonyl (C=O) groups excluding carboxylic acids is 1. The Morgan fingerprint density at radius 2 is 2.10 bits per heavy atom. The number of hydrogen-bond acceptors (Lipinski definition) is 3. The van der Waals surface area contributed by atoms with Gasteiger partial charge in [-0.05, 0) is 45.2 Å². The summed E-state index contributed by atoms with van der Waals surface area (Å²) in [7, 11) is 0. The minimum Gasteiger partial charge on any atom is -0.480 e. The summed E-state index contributed by atoms with van der Waals surface area (Å²) in [5, 5.41) is 9.68. The van der Waals surface area contributed by atoms with Crippen molar-refractivity contribution in [1.82, 2.24) is 9.88 Å². The normalized spacial score (nSPS) is 22.6. The Morgan fingerprint density at radius 1 is 1.40 bits per heavy atom. The van der Waals surface area contributed by atoms with Gasteiger partial charge in [-0.3, -0.25) is 4.79 Å².